The third-order valence-corrected chi connectivity index (χ3v) is 6.10. The van der Waals surface area contributed by atoms with Crippen molar-refractivity contribution >= 4 is 50.7 Å². The number of anilines is 1. The summed E-state index contributed by atoms with van der Waals surface area (Å²) in [5.41, 5.74) is 3.52. The van der Waals surface area contributed by atoms with E-state index in [1.165, 1.54) is 11.8 Å². The summed E-state index contributed by atoms with van der Waals surface area (Å²) in [5.74, 6) is 0.484. The molecule has 0 aliphatic carbocycles. The highest BCUT2D eigenvalue weighted by Crippen LogP contribution is 2.30. The largest absolute Gasteiger partial charge is 0.326 e. The molecule has 2 aromatic carbocycles. The maximum Gasteiger partial charge on any atom is 0.224 e. The van der Waals surface area contributed by atoms with Crippen LogP contribution in [0.4, 0.5) is 5.69 Å². The number of fused-ring (bicyclic) bond motifs is 2. The van der Waals surface area contributed by atoms with E-state index in [2.05, 4.69) is 10.3 Å². The SMILES string of the molecule is O=C1CCc2cc(C(=O)CSc3nc4ccccc4s3)ccc2N1. The average molecular weight is 354 g/mol. The Morgan fingerprint density at radius 2 is 2.08 bits per heavy atom. The highest BCUT2D eigenvalue weighted by Gasteiger charge is 2.17. The number of thiazole rings is 1. The van der Waals surface area contributed by atoms with E-state index < -0.39 is 0 Å². The number of nitrogens with one attached hydrogen (secondary N) is 1. The van der Waals surface area contributed by atoms with Crippen molar-refractivity contribution in [3.8, 4) is 0 Å². The molecule has 0 bridgehead atoms. The first kappa shape index (κ1) is 15.4. The minimum absolute atomic E-state index is 0.0352. The van der Waals surface area contributed by atoms with Crippen LogP contribution in [0.1, 0.15) is 22.3 Å². The van der Waals surface area contributed by atoms with Crippen molar-refractivity contribution in [1.29, 1.82) is 0 Å². The molecule has 24 heavy (non-hydrogen) atoms. The van der Waals surface area contributed by atoms with E-state index in [-0.39, 0.29) is 11.7 Å². The average Bonchev–Trinajstić information content (AvgIpc) is 3.02. The molecule has 0 fully saturated rings. The summed E-state index contributed by atoms with van der Waals surface area (Å²) in [6.07, 6.45) is 1.17. The zero-order chi connectivity index (χ0) is 16.5. The van der Waals surface area contributed by atoms with Gasteiger partial charge in [-0.1, -0.05) is 23.9 Å². The van der Waals surface area contributed by atoms with Crippen LogP contribution >= 0.6 is 23.1 Å². The van der Waals surface area contributed by atoms with Gasteiger partial charge in [0.15, 0.2) is 10.1 Å². The number of Topliss-reactive ketones (excluding diaryl/α,β-unsaturated/α-hetero) is 1. The van der Waals surface area contributed by atoms with Gasteiger partial charge in [0.05, 0.1) is 16.0 Å². The van der Waals surface area contributed by atoms with Gasteiger partial charge in [-0.2, -0.15) is 0 Å². The van der Waals surface area contributed by atoms with Crippen LogP contribution in [0.2, 0.25) is 0 Å². The first-order chi connectivity index (χ1) is 11.7. The summed E-state index contributed by atoms with van der Waals surface area (Å²) in [6, 6.07) is 13.5. The van der Waals surface area contributed by atoms with Crippen molar-refractivity contribution in [3.63, 3.8) is 0 Å². The number of aromatic nitrogens is 1. The Hall–Kier alpha value is -2.18. The van der Waals surface area contributed by atoms with Gasteiger partial charge in [-0.15, -0.1) is 11.3 Å². The topological polar surface area (TPSA) is 59.1 Å². The lowest BCUT2D eigenvalue weighted by Crippen LogP contribution is -2.19. The van der Waals surface area contributed by atoms with Gasteiger partial charge in [0.1, 0.15) is 0 Å². The third-order valence-electron chi connectivity index (χ3n) is 3.92. The van der Waals surface area contributed by atoms with E-state index in [4.69, 9.17) is 0 Å². The number of amides is 1. The van der Waals surface area contributed by atoms with E-state index >= 15 is 0 Å². The molecule has 1 aliphatic heterocycles. The number of para-hydroxylation sites is 1. The van der Waals surface area contributed by atoms with E-state index in [9.17, 15) is 9.59 Å². The second-order valence-corrected chi connectivity index (χ2v) is 7.83. The number of ketones is 1. The summed E-state index contributed by atoms with van der Waals surface area (Å²) >= 11 is 3.08. The van der Waals surface area contributed by atoms with Gasteiger partial charge in [-0.3, -0.25) is 9.59 Å². The van der Waals surface area contributed by atoms with Gasteiger partial charge < -0.3 is 5.32 Å². The van der Waals surface area contributed by atoms with Crippen molar-refractivity contribution in [2.75, 3.05) is 11.1 Å². The number of thioether (sulfide) groups is 1. The molecule has 0 atom stereocenters. The fraction of sp³-hybridized carbons (Fsp3) is 0.167. The van der Waals surface area contributed by atoms with Crippen LogP contribution in [0.5, 0.6) is 0 Å². The molecule has 0 radical (unpaired) electrons. The zero-order valence-corrected chi connectivity index (χ0v) is 14.4. The van der Waals surface area contributed by atoms with Crippen molar-refractivity contribution in [3.05, 3.63) is 53.6 Å². The summed E-state index contributed by atoms with van der Waals surface area (Å²) in [4.78, 5) is 28.4. The standard InChI is InChI=1S/C18H14N2O2S2/c21-15(10-23-18-20-14-3-1-2-4-16(14)24-18)12-5-7-13-11(9-12)6-8-17(22)19-13/h1-5,7,9H,6,8,10H2,(H,19,22). The summed E-state index contributed by atoms with van der Waals surface area (Å²) in [6.45, 7) is 0. The Morgan fingerprint density at radius 1 is 1.21 bits per heavy atom. The summed E-state index contributed by atoms with van der Waals surface area (Å²) < 4.78 is 2.05. The first-order valence-electron chi connectivity index (χ1n) is 7.63. The number of benzene rings is 2. The molecule has 6 heteroatoms. The van der Waals surface area contributed by atoms with E-state index in [1.54, 1.807) is 17.4 Å². The monoisotopic (exact) mass is 354 g/mol. The maximum absolute atomic E-state index is 12.5. The Labute approximate surface area is 147 Å². The van der Waals surface area contributed by atoms with Crippen molar-refractivity contribution < 1.29 is 9.59 Å². The number of hydrogen-bond acceptors (Lipinski definition) is 5. The number of aryl methyl sites for hydroxylation is 1. The highest BCUT2D eigenvalue weighted by atomic mass is 32.2. The van der Waals surface area contributed by atoms with Crippen LogP contribution in [-0.4, -0.2) is 22.4 Å². The molecule has 0 saturated heterocycles. The highest BCUT2D eigenvalue weighted by molar-refractivity contribution is 8.01. The quantitative estimate of drug-likeness (QED) is 0.565. The van der Waals surface area contributed by atoms with E-state index in [0.717, 1.165) is 25.8 Å². The molecule has 4 nitrogen and oxygen atoms in total. The Balaban J connectivity index is 1.47. The van der Waals surface area contributed by atoms with Crippen LogP contribution in [0.25, 0.3) is 10.2 Å². The molecule has 1 N–H and O–H groups in total. The molecule has 1 amide bonds. The van der Waals surface area contributed by atoms with Crippen LogP contribution < -0.4 is 5.32 Å². The number of rotatable bonds is 4. The molecule has 0 unspecified atom stereocenters. The Morgan fingerprint density at radius 3 is 2.96 bits per heavy atom. The number of carbonyl (C=O) groups excluding carboxylic acids is 2. The zero-order valence-electron chi connectivity index (χ0n) is 12.7. The Kier molecular flexibility index (Phi) is 4.08. The fourth-order valence-electron chi connectivity index (χ4n) is 2.68. The van der Waals surface area contributed by atoms with Crippen LogP contribution in [0.3, 0.4) is 0 Å². The predicted octanol–water partition coefficient (Wildman–Crippen LogP) is 4.16. The Bertz CT molecular complexity index is 916. The smallest absolute Gasteiger partial charge is 0.224 e. The van der Waals surface area contributed by atoms with Crippen molar-refractivity contribution in [2.24, 2.45) is 0 Å². The van der Waals surface area contributed by atoms with Crippen molar-refractivity contribution in [1.82, 2.24) is 4.98 Å². The number of hydrogen-bond donors (Lipinski definition) is 1. The van der Waals surface area contributed by atoms with Gasteiger partial charge in [0, 0.05) is 17.7 Å². The molecule has 0 spiro atoms. The lowest BCUT2D eigenvalue weighted by molar-refractivity contribution is -0.116. The molecule has 1 aliphatic rings. The fourth-order valence-corrected chi connectivity index (χ4v) is 4.64. The second kappa shape index (κ2) is 6.37. The van der Waals surface area contributed by atoms with Gasteiger partial charge in [-0.05, 0) is 42.3 Å². The van der Waals surface area contributed by atoms with E-state index in [1.807, 2.05) is 36.4 Å². The first-order valence-corrected chi connectivity index (χ1v) is 9.43. The lowest BCUT2D eigenvalue weighted by Gasteiger charge is -2.17. The van der Waals surface area contributed by atoms with Gasteiger partial charge in [0.2, 0.25) is 5.91 Å². The summed E-state index contributed by atoms with van der Waals surface area (Å²) in [7, 11) is 0. The molecule has 3 aromatic rings. The lowest BCUT2D eigenvalue weighted by atomic mass is 9.99. The molecular weight excluding hydrogens is 340 g/mol. The minimum Gasteiger partial charge on any atom is -0.326 e. The molecular formula is C18H14N2O2S2. The second-order valence-electron chi connectivity index (χ2n) is 5.58. The molecule has 4 rings (SSSR count). The third kappa shape index (κ3) is 3.07. The summed E-state index contributed by atoms with van der Waals surface area (Å²) in [5, 5.41) is 2.83. The molecule has 2 heterocycles. The van der Waals surface area contributed by atoms with Crippen LogP contribution in [0, 0.1) is 0 Å². The van der Waals surface area contributed by atoms with Gasteiger partial charge in [0.25, 0.3) is 0 Å². The predicted molar refractivity (Wildman–Crippen MR) is 98.1 cm³/mol. The van der Waals surface area contributed by atoms with Crippen molar-refractivity contribution in [2.45, 2.75) is 17.2 Å². The minimum atomic E-state index is 0.0352. The maximum atomic E-state index is 12.5. The molecule has 1 aromatic heterocycles. The number of nitrogens with zero attached hydrogens (tertiary/aromatic N) is 1. The van der Waals surface area contributed by atoms with Gasteiger partial charge >= 0.3 is 0 Å². The van der Waals surface area contributed by atoms with Gasteiger partial charge in [-0.25, -0.2) is 4.98 Å². The van der Waals surface area contributed by atoms with Crippen LogP contribution in [-0.2, 0) is 11.2 Å². The normalized spacial score (nSPS) is 13.6. The van der Waals surface area contributed by atoms with Crippen LogP contribution in [0.15, 0.2) is 46.8 Å². The molecule has 0 saturated carbocycles. The van der Waals surface area contributed by atoms with E-state index in [0.29, 0.717) is 24.2 Å². The number of carbonyl (C=O) groups is 2. The molecule has 120 valence electrons.